The van der Waals surface area contributed by atoms with Gasteiger partial charge in [0.15, 0.2) is 0 Å². The van der Waals surface area contributed by atoms with Gasteiger partial charge in [-0.1, -0.05) is 0 Å². The number of benzene rings is 1. The Morgan fingerprint density at radius 2 is 1.74 bits per heavy atom. The van der Waals surface area contributed by atoms with Crippen LogP contribution >= 0.6 is 0 Å². The predicted octanol–water partition coefficient (Wildman–Crippen LogP) is 3.23. The molecule has 7 nitrogen and oxygen atoms in total. The average Bonchev–Trinajstić information content (AvgIpc) is 3.14. The van der Waals surface area contributed by atoms with Gasteiger partial charge in [-0.2, -0.15) is 5.10 Å². The van der Waals surface area contributed by atoms with Crippen molar-refractivity contribution in [1.29, 1.82) is 0 Å². The summed E-state index contributed by atoms with van der Waals surface area (Å²) < 4.78 is 16.1. The van der Waals surface area contributed by atoms with E-state index in [2.05, 4.69) is 10.1 Å². The van der Waals surface area contributed by atoms with Gasteiger partial charge in [-0.05, 0) is 48.0 Å². The molecule has 0 saturated heterocycles. The molecule has 4 aromatic rings. The van der Waals surface area contributed by atoms with Crippen molar-refractivity contribution in [3.63, 3.8) is 0 Å². The van der Waals surface area contributed by atoms with Crippen LogP contribution in [0, 0.1) is 5.82 Å². The molecule has 31 heavy (non-hydrogen) atoms. The summed E-state index contributed by atoms with van der Waals surface area (Å²) in [6.45, 7) is 1.33. The molecule has 8 heteroatoms. The second kappa shape index (κ2) is 8.45. The van der Waals surface area contributed by atoms with Crippen LogP contribution in [0.25, 0.3) is 33.6 Å². The molecule has 0 saturated carbocycles. The fourth-order valence-corrected chi connectivity index (χ4v) is 3.50. The fraction of sp³-hybridized carbons (Fsp3) is 0.130. The van der Waals surface area contributed by atoms with E-state index in [-0.39, 0.29) is 24.9 Å². The van der Waals surface area contributed by atoms with E-state index in [0.717, 1.165) is 10.1 Å². The second-order valence-electron chi connectivity index (χ2n) is 6.90. The van der Waals surface area contributed by atoms with Gasteiger partial charge < -0.3 is 5.11 Å². The number of hydrogen-bond acceptors (Lipinski definition) is 5. The Kier molecular flexibility index (Phi) is 5.55. The van der Waals surface area contributed by atoms with Gasteiger partial charge in [0.1, 0.15) is 11.5 Å². The molecule has 4 rings (SSSR count). The van der Waals surface area contributed by atoms with E-state index in [0.29, 0.717) is 28.1 Å². The summed E-state index contributed by atoms with van der Waals surface area (Å²) in [5, 5.41) is 14.3. The number of aromatic nitrogens is 4. The summed E-state index contributed by atoms with van der Waals surface area (Å²) in [4.78, 5) is 28.2. The SMILES string of the molecule is CC(=O)n1ccc(-c2c(-c3ccncc3)c(-c3ccc(F)cc3)nn2CCO)cc1=O. The summed E-state index contributed by atoms with van der Waals surface area (Å²) in [5.74, 6) is -0.751. The quantitative estimate of drug-likeness (QED) is 0.537. The maximum atomic E-state index is 13.5. The lowest BCUT2D eigenvalue weighted by Gasteiger charge is -2.10. The number of aliphatic hydroxyl groups is 1. The third kappa shape index (κ3) is 3.93. The van der Waals surface area contributed by atoms with Crippen LogP contribution in [0.4, 0.5) is 4.39 Å². The van der Waals surface area contributed by atoms with Gasteiger partial charge in [0.2, 0.25) is 5.91 Å². The Bertz CT molecular complexity index is 1290. The molecule has 0 spiro atoms. The van der Waals surface area contributed by atoms with Gasteiger partial charge in [-0.25, -0.2) is 4.39 Å². The molecule has 0 aliphatic carbocycles. The molecular formula is C23H19FN4O3. The highest BCUT2D eigenvalue weighted by Gasteiger charge is 2.22. The molecule has 0 aliphatic heterocycles. The zero-order chi connectivity index (χ0) is 22.0. The second-order valence-corrected chi connectivity index (χ2v) is 6.90. The van der Waals surface area contributed by atoms with Crippen LogP contribution in [0.1, 0.15) is 11.7 Å². The van der Waals surface area contributed by atoms with Gasteiger partial charge in [-0.15, -0.1) is 0 Å². The standard InChI is InChI=1S/C23H19FN4O3/c1-15(30)27-11-8-18(14-20(27)31)23-21(16-6-9-25-10-7-16)22(26-28(23)12-13-29)17-2-4-19(24)5-3-17/h2-11,14,29H,12-13H2,1H3. The summed E-state index contributed by atoms with van der Waals surface area (Å²) in [5.41, 5.74) is 3.45. The van der Waals surface area contributed by atoms with E-state index < -0.39 is 5.56 Å². The van der Waals surface area contributed by atoms with Gasteiger partial charge in [0, 0.05) is 48.3 Å². The molecule has 0 amide bonds. The number of carbonyl (C=O) groups excluding carboxylic acids is 1. The number of hydrogen-bond donors (Lipinski definition) is 1. The molecule has 0 radical (unpaired) electrons. The Labute approximate surface area is 177 Å². The summed E-state index contributed by atoms with van der Waals surface area (Å²) in [6, 6.07) is 12.6. The normalized spacial score (nSPS) is 10.9. The van der Waals surface area contributed by atoms with Crippen LogP contribution in [0.15, 0.2) is 71.9 Å². The van der Waals surface area contributed by atoms with Crippen LogP contribution in [-0.4, -0.2) is 37.0 Å². The van der Waals surface area contributed by atoms with Crippen molar-refractivity contribution in [1.82, 2.24) is 19.3 Å². The summed E-state index contributed by atoms with van der Waals surface area (Å²) in [7, 11) is 0. The minimum Gasteiger partial charge on any atom is -0.394 e. The minimum absolute atomic E-state index is 0.169. The van der Waals surface area contributed by atoms with Gasteiger partial charge in [0.25, 0.3) is 5.56 Å². The van der Waals surface area contributed by atoms with Crippen molar-refractivity contribution < 1.29 is 14.3 Å². The zero-order valence-corrected chi connectivity index (χ0v) is 16.7. The minimum atomic E-state index is -0.467. The fourth-order valence-electron chi connectivity index (χ4n) is 3.50. The van der Waals surface area contributed by atoms with Crippen LogP contribution in [0.2, 0.25) is 0 Å². The average molecular weight is 418 g/mol. The highest BCUT2D eigenvalue weighted by molar-refractivity contribution is 5.91. The molecular weight excluding hydrogens is 399 g/mol. The molecule has 1 aromatic carbocycles. The van der Waals surface area contributed by atoms with E-state index in [9.17, 15) is 19.1 Å². The molecule has 0 aliphatic rings. The van der Waals surface area contributed by atoms with Crippen LogP contribution in [0.5, 0.6) is 0 Å². The first-order chi connectivity index (χ1) is 15.0. The van der Waals surface area contributed by atoms with Crippen molar-refractivity contribution in [2.24, 2.45) is 0 Å². The topological polar surface area (TPSA) is 90.0 Å². The molecule has 1 N–H and O–H groups in total. The molecule has 3 aromatic heterocycles. The summed E-state index contributed by atoms with van der Waals surface area (Å²) in [6.07, 6.45) is 4.71. The van der Waals surface area contributed by atoms with Crippen LogP contribution in [-0.2, 0) is 6.54 Å². The predicted molar refractivity (Wildman–Crippen MR) is 114 cm³/mol. The van der Waals surface area contributed by atoms with Gasteiger partial charge in [-0.3, -0.25) is 23.8 Å². The maximum Gasteiger partial charge on any atom is 0.257 e. The number of halogens is 1. The number of aliphatic hydroxyl groups excluding tert-OH is 1. The Morgan fingerprint density at radius 1 is 1.03 bits per heavy atom. The van der Waals surface area contributed by atoms with E-state index in [1.807, 2.05) is 12.1 Å². The smallest absolute Gasteiger partial charge is 0.257 e. The molecule has 156 valence electrons. The van der Waals surface area contributed by atoms with Gasteiger partial charge >= 0.3 is 0 Å². The van der Waals surface area contributed by atoms with Gasteiger partial charge in [0.05, 0.1) is 18.8 Å². The number of nitrogens with zero attached hydrogens (tertiary/aromatic N) is 4. The summed E-state index contributed by atoms with van der Waals surface area (Å²) >= 11 is 0. The lowest BCUT2D eigenvalue weighted by Crippen LogP contribution is -2.23. The number of carbonyl (C=O) groups is 1. The number of pyridine rings is 2. The van der Waals surface area contributed by atoms with E-state index in [1.165, 1.54) is 31.3 Å². The van der Waals surface area contributed by atoms with Crippen molar-refractivity contribution >= 4 is 5.91 Å². The Morgan fingerprint density at radius 3 is 2.35 bits per heavy atom. The molecule has 3 heterocycles. The molecule has 0 atom stereocenters. The van der Waals surface area contributed by atoms with E-state index >= 15 is 0 Å². The maximum absolute atomic E-state index is 13.5. The van der Waals surface area contributed by atoms with Crippen molar-refractivity contribution in [3.8, 4) is 33.6 Å². The van der Waals surface area contributed by atoms with E-state index in [4.69, 9.17) is 0 Å². The highest BCUT2D eigenvalue weighted by atomic mass is 19.1. The lowest BCUT2D eigenvalue weighted by atomic mass is 9.97. The van der Waals surface area contributed by atoms with Crippen LogP contribution < -0.4 is 5.56 Å². The third-order valence-corrected chi connectivity index (χ3v) is 4.88. The van der Waals surface area contributed by atoms with Crippen molar-refractivity contribution in [2.75, 3.05) is 6.61 Å². The third-order valence-electron chi connectivity index (χ3n) is 4.88. The first-order valence-electron chi connectivity index (χ1n) is 9.61. The largest absolute Gasteiger partial charge is 0.394 e. The van der Waals surface area contributed by atoms with Crippen molar-refractivity contribution in [2.45, 2.75) is 13.5 Å². The number of rotatable bonds is 5. The highest BCUT2D eigenvalue weighted by Crippen LogP contribution is 2.39. The monoisotopic (exact) mass is 418 g/mol. The Balaban J connectivity index is 2.03. The Hall–Kier alpha value is -3.91. The van der Waals surface area contributed by atoms with E-state index in [1.54, 1.807) is 35.3 Å². The molecule has 0 unspecified atom stereocenters. The zero-order valence-electron chi connectivity index (χ0n) is 16.7. The van der Waals surface area contributed by atoms with Crippen LogP contribution in [0.3, 0.4) is 0 Å². The molecule has 0 fully saturated rings. The lowest BCUT2D eigenvalue weighted by molar-refractivity contribution is 0.0932. The van der Waals surface area contributed by atoms with Crippen molar-refractivity contribution in [3.05, 3.63) is 83.3 Å². The first kappa shape index (κ1) is 20.4. The molecule has 0 bridgehead atoms. The first-order valence-corrected chi connectivity index (χ1v) is 9.61.